The normalized spacial score (nSPS) is 13.3. The molecule has 0 aliphatic heterocycles. The minimum Gasteiger partial charge on any atom is -0.462 e. The Labute approximate surface area is 420 Å². The number of rotatable bonds is 55. The molecule has 0 fully saturated rings. The molecule has 0 amide bonds. The molecule has 0 radical (unpaired) electrons. The Kier molecular flexibility index (Phi) is 53.1. The molecule has 0 aromatic rings. The molecule has 0 saturated carbocycles. The van der Waals surface area contributed by atoms with Crippen LogP contribution in [0.25, 0.3) is 0 Å². The predicted molar refractivity (Wildman–Crippen MR) is 289 cm³/mol. The summed E-state index contributed by atoms with van der Waals surface area (Å²) in [7, 11) is -4.37. The first-order valence-electron chi connectivity index (χ1n) is 29.0. The van der Waals surface area contributed by atoms with Gasteiger partial charge >= 0.3 is 19.8 Å². The second-order valence-electron chi connectivity index (χ2n) is 19.5. The second-order valence-corrected chi connectivity index (χ2v) is 21.0. The van der Waals surface area contributed by atoms with E-state index in [2.05, 4.69) is 50.3 Å². The van der Waals surface area contributed by atoms with Gasteiger partial charge in [0.05, 0.1) is 13.2 Å². The highest BCUT2D eigenvalue weighted by Gasteiger charge is 2.26. The van der Waals surface area contributed by atoms with Crippen molar-refractivity contribution in [2.45, 2.75) is 296 Å². The second kappa shape index (κ2) is 54.6. The van der Waals surface area contributed by atoms with E-state index in [4.69, 9.17) is 24.3 Å². The third kappa shape index (κ3) is 53.6. The van der Waals surface area contributed by atoms with Crippen molar-refractivity contribution in [3.8, 4) is 0 Å². The van der Waals surface area contributed by atoms with Crippen LogP contribution in [0.5, 0.6) is 0 Å². The zero-order chi connectivity index (χ0) is 49.5. The molecule has 0 aromatic carbocycles. The molecule has 9 nitrogen and oxygen atoms in total. The van der Waals surface area contributed by atoms with Gasteiger partial charge in [-0.3, -0.25) is 18.6 Å². The summed E-state index contributed by atoms with van der Waals surface area (Å²) in [6.45, 7) is 3.68. The molecule has 0 bridgehead atoms. The van der Waals surface area contributed by atoms with Gasteiger partial charge in [0.25, 0.3) is 0 Å². The lowest BCUT2D eigenvalue weighted by Gasteiger charge is -2.19. The molecule has 0 aliphatic rings. The molecular weight excluding hydrogens is 870 g/mol. The highest BCUT2D eigenvalue weighted by molar-refractivity contribution is 7.47. The van der Waals surface area contributed by atoms with Crippen LogP contribution in [-0.4, -0.2) is 49.3 Å². The lowest BCUT2D eigenvalue weighted by molar-refractivity contribution is -0.161. The number of unbranched alkanes of at least 4 members (excludes halogenated alkanes) is 36. The minimum atomic E-state index is -4.37. The Morgan fingerprint density at radius 2 is 0.765 bits per heavy atom. The summed E-state index contributed by atoms with van der Waals surface area (Å²) in [5.74, 6) is -0.826. The average molecular weight is 980 g/mol. The molecule has 0 rings (SSSR count). The maximum Gasteiger partial charge on any atom is 0.472 e. The highest BCUT2D eigenvalue weighted by atomic mass is 31.2. The van der Waals surface area contributed by atoms with Crippen molar-refractivity contribution < 1.29 is 37.6 Å². The van der Waals surface area contributed by atoms with Gasteiger partial charge in [0, 0.05) is 19.4 Å². The van der Waals surface area contributed by atoms with Crippen LogP contribution < -0.4 is 5.73 Å². The lowest BCUT2D eigenvalue weighted by atomic mass is 10.0. The van der Waals surface area contributed by atoms with Gasteiger partial charge in [-0.05, 0) is 51.4 Å². The van der Waals surface area contributed by atoms with E-state index >= 15 is 0 Å². The van der Waals surface area contributed by atoms with Gasteiger partial charge in [0.15, 0.2) is 6.10 Å². The summed E-state index contributed by atoms with van der Waals surface area (Å²) in [6, 6.07) is 0. The molecule has 400 valence electrons. The van der Waals surface area contributed by atoms with Crippen molar-refractivity contribution in [2.24, 2.45) is 5.73 Å². The Balaban J connectivity index is 3.61. The molecule has 10 heteroatoms. The number of nitrogens with two attached hydrogens (primary N) is 1. The van der Waals surface area contributed by atoms with Crippen LogP contribution in [0, 0.1) is 0 Å². The molecule has 0 aromatic heterocycles. The van der Waals surface area contributed by atoms with Crippen LogP contribution in [0.15, 0.2) is 36.5 Å². The number of phosphoric acid groups is 1. The Morgan fingerprint density at radius 3 is 1.13 bits per heavy atom. The number of carbonyl (C=O) groups is 2. The van der Waals surface area contributed by atoms with Gasteiger partial charge in [-0.1, -0.05) is 262 Å². The molecule has 68 heavy (non-hydrogen) atoms. The van der Waals surface area contributed by atoms with Crippen molar-refractivity contribution in [1.29, 1.82) is 0 Å². The lowest BCUT2D eigenvalue weighted by Crippen LogP contribution is -2.29. The summed E-state index contributed by atoms with van der Waals surface area (Å²) in [4.78, 5) is 34.7. The molecule has 0 aliphatic carbocycles. The fraction of sp³-hybridized carbons (Fsp3) is 0.862. The van der Waals surface area contributed by atoms with E-state index in [0.717, 1.165) is 51.4 Å². The first kappa shape index (κ1) is 66.2. The van der Waals surface area contributed by atoms with Gasteiger partial charge in [-0.15, -0.1) is 0 Å². The van der Waals surface area contributed by atoms with E-state index in [1.807, 2.05) is 0 Å². The van der Waals surface area contributed by atoms with Gasteiger partial charge in [-0.2, -0.15) is 0 Å². The number of esters is 2. The van der Waals surface area contributed by atoms with Crippen LogP contribution in [-0.2, 0) is 32.7 Å². The smallest absolute Gasteiger partial charge is 0.462 e. The Morgan fingerprint density at radius 1 is 0.441 bits per heavy atom. The van der Waals surface area contributed by atoms with Gasteiger partial charge in [-0.25, -0.2) is 4.57 Å². The summed E-state index contributed by atoms with van der Waals surface area (Å²) in [5, 5.41) is 0. The van der Waals surface area contributed by atoms with Crippen LogP contribution in [0.2, 0.25) is 0 Å². The number of hydrogen-bond donors (Lipinski definition) is 2. The van der Waals surface area contributed by atoms with Crippen molar-refractivity contribution in [1.82, 2.24) is 0 Å². The van der Waals surface area contributed by atoms with Crippen molar-refractivity contribution >= 4 is 19.8 Å². The van der Waals surface area contributed by atoms with Crippen LogP contribution in [0.1, 0.15) is 290 Å². The van der Waals surface area contributed by atoms with E-state index in [1.165, 1.54) is 205 Å². The van der Waals surface area contributed by atoms with Crippen LogP contribution >= 0.6 is 7.82 Å². The van der Waals surface area contributed by atoms with E-state index in [0.29, 0.717) is 6.42 Å². The molecule has 0 heterocycles. The van der Waals surface area contributed by atoms with Crippen molar-refractivity contribution in [3.63, 3.8) is 0 Å². The number of hydrogen-bond acceptors (Lipinski definition) is 8. The molecule has 0 saturated heterocycles. The maximum atomic E-state index is 12.6. The quantitative estimate of drug-likeness (QED) is 0.0264. The van der Waals surface area contributed by atoms with Gasteiger partial charge in [0.2, 0.25) is 0 Å². The fourth-order valence-electron chi connectivity index (χ4n) is 8.47. The average Bonchev–Trinajstić information content (AvgIpc) is 3.33. The third-order valence-electron chi connectivity index (χ3n) is 12.8. The van der Waals surface area contributed by atoms with Crippen LogP contribution in [0.4, 0.5) is 0 Å². The molecule has 2 unspecified atom stereocenters. The number of ether oxygens (including phenoxy) is 2. The Bertz CT molecular complexity index is 1210. The topological polar surface area (TPSA) is 134 Å². The first-order chi connectivity index (χ1) is 33.3. The zero-order valence-electron chi connectivity index (χ0n) is 44.6. The summed E-state index contributed by atoms with van der Waals surface area (Å²) in [6.07, 6.45) is 65.7. The largest absolute Gasteiger partial charge is 0.472 e. The number of carbonyl (C=O) groups excluding carboxylic acids is 2. The number of allylic oxidation sites excluding steroid dienone is 6. The standard InChI is InChI=1S/C58H110NO8P/c1-3-5-7-9-11-12-13-14-15-16-17-18-19-20-21-22-23-24-25-26-27-28-29-30-31-32-33-34-35-36-37-38-39-40-41-42-43-44-45-47-49-51-58(61)67-56(55-66-68(62,63)65-53-52-59)54-64-57(60)50-48-46-10-8-6-4-2/h13-14,16-17,19-20,56H,3-12,15,18,21-55,59H2,1-2H3,(H,62,63)/b14-13-,17-16-,20-19-. The Hall–Kier alpha value is -1.77. The predicted octanol–water partition coefficient (Wildman–Crippen LogP) is 18.0. The number of phosphoric ester groups is 1. The SMILES string of the molecule is CCCCCCC/C=C\C/C=C\C/C=C\CCCCCCCCCCCCCCCCCCCCCCCCCCCCC(=O)OC(COC(=O)CCCCCCCC)COP(=O)(O)OCCN. The first-order valence-corrected chi connectivity index (χ1v) is 30.5. The molecule has 3 N–H and O–H groups in total. The fourth-order valence-corrected chi connectivity index (χ4v) is 9.23. The third-order valence-corrected chi connectivity index (χ3v) is 13.8. The van der Waals surface area contributed by atoms with Gasteiger partial charge in [0.1, 0.15) is 6.61 Å². The van der Waals surface area contributed by atoms with Crippen molar-refractivity contribution in [3.05, 3.63) is 36.5 Å². The monoisotopic (exact) mass is 980 g/mol. The zero-order valence-corrected chi connectivity index (χ0v) is 45.5. The van der Waals surface area contributed by atoms with E-state index < -0.39 is 26.5 Å². The van der Waals surface area contributed by atoms with Crippen LogP contribution in [0.3, 0.4) is 0 Å². The van der Waals surface area contributed by atoms with E-state index in [1.54, 1.807) is 0 Å². The molecular formula is C58H110NO8P. The van der Waals surface area contributed by atoms with Crippen molar-refractivity contribution in [2.75, 3.05) is 26.4 Å². The highest BCUT2D eigenvalue weighted by Crippen LogP contribution is 2.43. The summed E-state index contributed by atoms with van der Waals surface area (Å²) in [5.41, 5.74) is 5.35. The van der Waals surface area contributed by atoms with E-state index in [9.17, 15) is 19.0 Å². The minimum absolute atomic E-state index is 0.0560. The van der Waals surface area contributed by atoms with Gasteiger partial charge < -0.3 is 20.1 Å². The molecule has 2 atom stereocenters. The summed E-state index contributed by atoms with van der Waals surface area (Å²) < 4.78 is 32.7. The van der Waals surface area contributed by atoms with E-state index in [-0.39, 0.29) is 38.6 Å². The molecule has 0 spiro atoms. The maximum absolute atomic E-state index is 12.6. The summed E-state index contributed by atoms with van der Waals surface area (Å²) >= 11 is 0.